The zero-order valence-corrected chi connectivity index (χ0v) is 43.0. The zero-order chi connectivity index (χ0) is 51.7. The summed E-state index contributed by atoms with van der Waals surface area (Å²) in [6, 6.07) is 106. The molecule has 0 saturated carbocycles. The third kappa shape index (κ3) is 6.51. The monoisotopic (exact) mass is 1000 g/mol. The molecule has 4 aromatic heterocycles. The summed E-state index contributed by atoms with van der Waals surface area (Å²) in [5, 5.41) is 14.8. The Bertz CT molecular complexity index is 4990. The average Bonchev–Trinajstić information content (AvgIpc) is 4.22. The van der Waals surface area contributed by atoms with Gasteiger partial charge in [0.15, 0.2) is 0 Å². The van der Waals surface area contributed by atoms with E-state index in [1.54, 1.807) is 0 Å². The maximum Gasteiger partial charge on any atom is 0.241 e. The highest BCUT2D eigenvalue weighted by molar-refractivity contribution is 6.95. The highest BCUT2D eigenvalue weighted by Crippen LogP contribution is 2.44. The van der Waals surface area contributed by atoms with Crippen molar-refractivity contribution in [3.05, 3.63) is 285 Å². The van der Waals surface area contributed by atoms with Gasteiger partial charge in [-0.25, -0.2) is 0 Å². The van der Waals surface area contributed by atoms with Crippen LogP contribution in [-0.2, 0) is 0 Å². The minimum Gasteiger partial charge on any atom is -0.307 e. The normalized spacial score (nSPS) is 12.1. The molecule has 0 aliphatic carbocycles. The molecule has 79 heavy (non-hydrogen) atoms. The van der Waals surface area contributed by atoms with Gasteiger partial charge in [-0.15, -0.1) is 0 Å². The number of hydrogen-bond donors (Lipinski definition) is 0. The van der Waals surface area contributed by atoms with E-state index < -0.39 is 0 Å². The lowest BCUT2D eigenvalue weighted by atomic mass is 9.37. The molecule has 0 spiro atoms. The summed E-state index contributed by atoms with van der Waals surface area (Å²) in [6.07, 6.45) is 0. The van der Waals surface area contributed by atoms with Crippen molar-refractivity contribution in [3.63, 3.8) is 0 Å². The van der Waals surface area contributed by atoms with E-state index in [1.807, 2.05) is 0 Å². The molecule has 0 saturated heterocycles. The third-order valence-electron chi connectivity index (χ3n) is 17.0. The Morgan fingerprint density at radius 1 is 0.190 bits per heavy atom. The molecule has 0 fully saturated rings. The van der Waals surface area contributed by atoms with Crippen molar-refractivity contribution in [2.24, 2.45) is 0 Å². The molecule has 0 aliphatic heterocycles. The van der Waals surface area contributed by atoms with E-state index in [4.69, 9.17) is 0 Å². The molecule has 4 heterocycles. The molecule has 0 aliphatic rings. The Morgan fingerprint density at radius 3 is 0.835 bits per heavy atom. The molecule has 0 bridgehead atoms. The first kappa shape index (κ1) is 43.8. The highest BCUT2D eigenvalue weighted by atomic mass is 15.1. The molecule has 0 N–H and O–H groups in total. The van der Waals surface area contributed by atoms with Crippen LogP contribution in [0.4, 0.5) is 0 Å². The van der Waals surface area contributed by atoms with Crippen molar-refractivity contribution in [2.75, 3.05) is 0 Å². The van der Waals surface area contributed by atoms with Crippen LogP contribution in [-0.4, -0.2) is 25.0 Å². The fourth-order valence-corrected chi connectivity index (χ4v) is 13.6. The summed E-state index contributed by atoms with van der Waals surface area (Å²) in [6.45, 7) is -0.00937. The lowest BCUT2D eigenvalue weighted by Crippen LogP contribution is -2.51. The molecule has 0 unspecified atom stereocenters. The number of fused-ring (bicyclic) bond motifs is 16. The SMILES string of the molecule is c1ccc(B(c2ccc(-n3c4ccccc4c4ccc5c6ccccc6n(-c6ccc7ccccc7c6)c5c43)cc2)c2ccc(-n3c4ccccc4c4ccc5c6ccccc6n(-c6ccc7ccccc7c6)c5c43)cc2)cc1. The smallest absolute Gasteiger partial charge is 0.241 e. The summed E-state index contributed by atoms with van der Waals surface area (Å²) < 4.78 is 9.99. The Morgan fingerprint density at radius 2 is 0.468 bits per heavy atom. The second-order valence-electron chi connectivity index (χ2n) is 21.2. The quantitative estimate of drug-likeness (QED) is 0.142. The van der Waals surface area contributed by atoms with Crippen LogP contribution in [0.5, 0.6) is 0 Å². The van der Waals surface area contributed by atoms with Gasteiger partial charge in [-0.2, -0.15) is 0 Å². The van der Waals surface area contributed by atoms with Gasteiger partial charge < -0.3 is 18.3 Å². The Balaban J connectivity index is 0.834. The molecule has 5 heteroatoms. The molecule has 0 radical (unpaired) electrons. The van der Waals surface area contributed by atoms with Gasteiger partial charge in [-0.05, 0) is 94.3 Å². The van der Waals surface area contributed by atoms with Gasteiger partial charge in [-0.3, -0.25) is 0 Å². The Hall–Kier alpha value is -10.4. The summed E-state index contributed by atoms with van der Waals surface area (Å²) in [4.78, 5) is 0. The number of rotatable bonds is 7. The van der Waals surface area contributed by atoms with Gasteiger partial charge >= 0.3 is 0 Å². The number of hydrogen-bond acceptors (Lipinski definition) is 0. The van der Waals surface area contributed by atoms with Crippen LogP contribution < -0.4 is 16.4 Å². The summed E-state index contributed by atoms with van der Waals surface area (Å²) in [7, 11) is 0. The lowest BCUT2D eigenvalue weighted by Gasteiger charge is -2.18. The van der Waals surface area contributed by atoms with Gasteiger partial charge in [0, 0.05) is 65.8 Å². The first-order chi connectivity index (χ1) is 39.2. The lowest BCUT2D eigenvalue weighted by molar-refractivity contribution is 1.15. The molecule has 0 amide bonds. The molecule has 13 aromatic carbocycles. The van der Waals surface area contributed by atoms with E-state index in [-0.39, 0.29) is 6.71 Å². The van der Waals surface area contributed by atoms with Crippen molar-refractivity contribution in [1.82, 2.24) is 18.3 Å². The number of benzene rings is 13. The topological polar surface area (TPSA) is 19.7 Å². The van der Waals surface area contributed by atoms with Crippen molar-refractivity contribution in [2.45, 2.75) is 0 Å². The highest BCUT2D eigenvalue weighted by Gasteiger charge is 2.26. The predicted octanol–water partition coefficient (Wildman–Crippen LogP) is 16.9. The molecular formula is C74H47BN4. The van der Waals surface area contributed by atoms with Crippen molar-refractivity contribution in [1.29, 1.82) is 0 Å². The van der Waals surface area contributed by atoms with Gasteiger partial charge in [0.05, 0.1) is 44.1 Å². The van der Waals surface area contributed by atoms with Crippen LogP contribution in [0.25, 0.3) is 132 Å². The second kappa shape index (κ2) is 17.1. The minimum absolute atomic E-state index is 0.00937. The largest absolute Gasteiger partial charge is 0.307 e. The van der Waals surface area contributed by atoms with E-state index in [2.05, 4.69) is 303 Å². The summed E-state index contributed by atoms with van der Waals surface area (Å²) >= 11 is 0. The molecule has 366 valence electrons. The first-order valence-electron chi connectivity index (χ1n) is 27.4. The van der Waals surface area contributed by atoms with E-state index in [0.29, 0.717) is 0 Å². The fourth-order valence-electron chi connectivity index (χ4n) is 13.6. The third-order valence-corrected chi connectivity index (χ3v) is 17.0. The van der Waals surface area contributed by atoms with Crippen molar-refractivity contribution >= 4 is 132 Å². The van der Waals surface area contributed by atoms with Crippen LogP contribution in [0.3, 0.4) is 0 Å². The van der Waals surface area contributed by atoms with Gasteiger partial charge in [-0.1, -0.05) is 229 Å². The molecular weight excluding hydrogens is 956 g/mol. The van der Waals surface area contributed by atoms with Crippen LogP contribution in [0.1, 0.15) is 0 Å². The maximum atomic E-state index is 2.50. The fraction of sp³-hybridized carbons (Fsp3) is 0. The van der Waals surface area contributed by atoms with Gasteiger partial charge in [0.25, 0.3) is 0 Å². The van der Waals surface area contributed by atoms with E-state index >= 15 is 0 Å². The summed E-state index contributed by atoms with van der Waals surface area (Å²) in [5.74, 6) is 0. The zero-order valence-electron chi connectivity index (χ0n) is 43.0. The minimum atomic E-state index is -0.00937. The molecule has 17 rings (SSSR count). The van der Waals surface area contributed by atoms with E-state index in [9.17, 15) is 0 Å². The number of nitrogens with zero attached hydrogens (tertiary/aromatic N) is 4. The first-order valence-corrected chi connectivity index (χ1v) is 27.4. The van der Waals surface area contributed by atoms with Crippen LogP contribution in [0.15, 0.2) is 285 Å². The maximum absolute atomic E-state index is 2.50. The van der Waals surface area contributed by atoms with Crippen molar-refractivity contribution < 1.29 is 0 Å². The standard InChI is InChI=1S/C74H47BN4/c1-2-20-52(21-3-1)75(53-32-38-55(39-33-53)76-67-26-12-8-22-59(67)63-42-44-65-61-24-10-14-28-69(61)78(73(65)71(63)76)57-36-30-48-16-4-6-18-50(48)46-57)54-34-40-56(41-35-54)77-68-27-13-9-23-60(68)64-43-45-66-62-25-11-15-29-70(62)79(74(66)72(64)77)58-37-31-49-17-5-7-19-51(49)47-58/h1-47H. The number of aromatic nitrogens is 4. The van der Waals surface area contributed by atoms with E-state index in [1.165, 1.54) is 125 Å². The average molecular weight is 1000 g/mol. The van der Waals surface area contributed by atoms with Gasteiger partial charge in [0.1, 0.15) is 0 Å². The van der Waals surface area contributed by atoms with Crippen LogP contribution in [0, 0.1) is 0 Å². The predicted molar refractivity (Wildman–Crippen MR) is 336 cm³/mol. The van der Waals surface area contributed by atoms with Gasteiger partial charge in [0.2, 0.25) is 6.71 Å². The Kier molecular flexibility index (Phi) is 9.48. The van der Waals surface area contributed by atoms with Crippen LogP contribution in [0.2, 0.25) is 0 Å². The van der Waals surface area contributed by atoms with Crippen molar-refractivity contribution in [3.8, 4) is 22.7 Å². The summed E-state index contributed by atoms with van der Waals surface area (Å²) in [5.41, 5.74) is 17.8. The Labute approximate surface area is 455 Å². The molecule has 4 nitrogen and oxygen atoms in total. The molecule has 17 aromatic rings. The molecule has 0 atom stereocenters. The second-order valence-corrected chi connectivity index (χ2v) is 21.2. The van der Waals surface area contributed by atoms with E-state index in [0.717, 1.165) is 22.7 Å². The number of para-hydroxylation sites is 4. The van der Waals surface area contributed by atoms with Crippen LogP contribution >= 0.6 is 0 Å².